The van der Waals surface area contributed by atoms with E-state index in [2.05, 4.69) is 34.7 Å². The van der Waals surface area contributed by atoms with E-state index in [9.17, 15) is 4.79 Å². The SMILES string of the molecule is CCc1ccc(Nc2c(CC(N)=O)cnc3cc(OC)c(OCCNC4CC4)cc23)cc1. The van der Waals surface area contributed by atoms with E-state index >= 15 is 0 Å². The molecule has 1 aliphatic carbocycles. The number of carbonyl (C=O) groups excluding carboxylic acids is 1. The molecule has 0 saturated heterocycles. The highest BCUT2D eigenvalue weighted by Gasteiger charge is 2.20. The van der Waals surface area contributed by atoms with E-state index in [0.717, 1.165) is 40.8 Å². The van der Waals surface area contributed by atoms with Gasteiger partial charge in [-0.3, -0.25) is 9.78 Å². The summed E-state index contributed by atoms with van der Waals surface area (Å²) in [5.74, 6) is 0.851. The lowest BCUT2D eigenvalue weighted by atomic mass is 10.0. The first kappa shape index (κ1) is 21.9. The molecule has 1 aromatic heterocycles. The number of nitrogens with two attached hydrogens (primary N) is 1. The van der Waals surface area contributed by atoms with E-state index in [-0.39, 0.29) is 6.42 Å². The molecule has 3 aromatic rings. The van der Waals surface area contributed by atoms with Gasteiger partial charge in [0.25, 0.3) is 0 Å². The van der Waals surface area contributed by atoms with E-state index in [1.54, 1.807) is 13.3 Å². The summed E-state index contributed by atoms with van der Waals surface area (Å²) in [6, 6.07) is 12.7. The van der Waals surface area contributed by atoms with Gasteiger partial charge in [0.2, 0.25) is 5.91 Å². The van der Waals surface area contributed by atoms with Crippen LogP contribution in [0.4, 0.5) is 11.4 Å². The van der Waals surface area contributed by atoms with Crippen LogP contribution in [-0.4, -0.2) is 37.2 Å². The number of benzene rings is 2. The summed E-state index contributed by atoms with van der Waals surface area (Å²) in [6.07, 6.45) is 5.23. The Morgan fingerprint density at radius 1 is 1.19 bits per heavy atom. The minimum absolute atomic E-state index is 0.0891. The minimum Gasteiger partial charge on any atom is -0.493 e. The molecule has 0 unspecified atom stereocenters. The zero-order valence-corrected chi connectivity index (χ0v) is 18.6. The Balaban J connectivity index is 1.70. The van der Waals surface area contributed by atoms with Gasteiger partial charge in [-0.2, -0.15) is 0 Å². The molecule has 0 aliphatic heterocycles. The van der Waals surface area contributed by atoms with Crippen LogP contribution in [0.1, 0.15) is 30.9 Å². The van der Waals surface area contributed by atoms with Crippen LogP contribution in [0.3, 0.4) is 0 Å². The second-order valence-corrected chi connectivity index (χ2v) is 8.07. The second-order valence-electron chi connectivity index (χ2n) is 8.07. The molecule has 4 N–H and O–H groups in total. The first-order valence-electron chi connectivity index (χ1n) is 11.1. The van der Waals surface area contributed by atoms with Gasteiger partial charge < -0.3 is 25.8 Å². The van der Waals surface area contributed by atoms with Gasteiger partial charge in [-0.15, -0.1) is 0 Å². The number of aryl methyl sites for hydroxylation is 1. The van der Waals surface area contributed by atoms with Crippen LogP contribution < -0.4 is 25.8 Å². The van der Waals surface area contributed by atoms with Crippen molar-refractivity contribution in [1.82, 2.24) is 10.3 Å². The van der Waals surface area contributed by atoms with Crippen LogP contribution in [0, 0.1) is 0 Å². The normalized spacial score (nSPS) is 13.2. The maximum Gasteiger partial charge on any atom is 0.221 e. The number of carbonyl (C=O) groups is 1. The Hall–Kier alpha value is -3.32. The summed E-state index contributed by atoms with van der Waals surface area (Å²) >= 11 is 0. The van der Waals surface area contributed by atoms with Gasteiger partial charge in [-0.25, -0.2) is 0 Å². The predicted molar refractivity (Wildman–Crippen MR) is 127 cm³/mol. The number of amides is 1. The van der Waals surface area contributed by atoms with Gasteiger partial charge in [0.15, 0.2) is 11.5 Å². The molecule has 2 aromatic carbocycles. The summed E-state index contributed by atoms with van der Waals surface area (Å²) in [4.78, 5) is 16.3. The molecule has 1 aliphatic rings. The van der Waals surface area contributed by atoms with Crippen molar-refractivity contribution in [2.24, 2.45) is 5.73 Å². The number of primary amides is 1. The van der Waals surface area contributed by atoms with Gasteiger partial charge in [0.1, 0.15) is 6.61 Å². The Kier molecular flexibility index (Phi) is 6.75. The van der Waals surface area contributed by atoms with Gasteiger partial charge in [-0.05, 0) is 43.0 Å². The van der Waals surface area contributed by atoms with E-state index in [4.69, 9.17) is 15.2 Å². The largest absolute Gasteiger partial charge is 0.493 e. The first-order valence-corrected chi connectivity index (χ1v) is 11.1. The maximum absolute atomic E-state index is 11.7. The third kappa shape index (κ3) is 5.29. The van der Waals surface area contributed by atoms with Crippen LogP contribution >= 0.6 is 0 Å². The molecule has 1 saturated carbocycles. The number of hydrogen-bond donors (Lipinski definition) is 3. The number of nitrogens with zero attached hydrogens (tertiary/aromatic N) is 1. The predicted octanol–water partition coefficient (Wildman–Crippen LogP) is 3.71. The molecule has 1 heterocycles. The molecule has 0 bridgehead atoms. The molecule has 32 heavy (non-hydrogen) atoms. The van der Waals surface area contributed by atoms with Crippen molar-refractivity contribution in [1.29, 1.82) is 0 Å². The summed E-state index contributed by atoms with van der Waals surface area (Å²) in [5, 5.41) is 7.76. The number of methoxy groups -OCH3 is 1. The Morgan fingerprint density at radius 2 is 1.97 bits per heavy atom. The quantitative estimate of drug-likeness (QED) is 0.398. The molecule has 7 nitrogen and oxygen atoms in total. The Labute approximate surface area is 188 Å². The molecule has 4 rings (SSSR count). The number of ether oxygens (including phenoxy) is 2. The van der Waals surface area contributed by atoms with Crippen LogP contribution in [0.15, 0.2) is 42.6 Å². The summed E-state index contributed by atoms with van der Waals surface area (Å²) < 4.78 is 11.6. The van der Waals surface area contributed by atoms with Crippen molar-refractivity contribution in [2.75, 3.05) is 25.6 Å². The number of pyridine rings is 1. The van der Waals surface area contributed by atoms with Crippen molar-refractivity contribution in [3.63, 3.8) is 0 Å². The van der Waals surface area contributed by atoms with E-state index in [1.165, 1.54) is 18.4 Å². The minimum atomic E-state index is -0.410. The molecule has 7 heteroatoms. The van der Waals surface area contributed by atoms with Gasteiger partial charge in [0.05, 0.1) is 24.7 Å². The first-order chi connectivity index (χ1) is 15.6. The van der Waals surface area contributed by atoms with E-state index in [1.807, 2.05) is 24.3 Å². The number of fused-ring (bicyclic) bond motifs is 1. The molecular formula is C25H30N4O3. The van der Waals surface area contributed by atoms with E-state index < -0.39 is 5.91 Å². The molecule has 1 fully saturated rings. The van der Waals surface area contributed by atoms with Crippen LogP contribution in [0.5, 0.6) is 11.5 Å². The zero-order chi connectivity index (χ0) is 22.5. The molecule has 1 amide bonds. The maximum atomic E-state index is 11.7. The standard InChI is InChI=1S/C25H30N4O3/c1-3-16-4-6-19(7-5-16)29-25-17(12-24(26)30)15-28-21-14-22(31-2)23(13-20(21)25)32-11-10-27-18-8-9-18/h4-7,13-15,18,27H,3,8-12H2,1-2H3,(H2,26,30)(H,28,29). The zero-order valence-electron chi connectivity index (χ0n) is 18.6. The molecule has 0 atom stereocenters. The van der Waals surface area contributed by atoms with Crippen molar-refractivity contribution in [3.05, 3.63) is 53.7 Å². The fourth-order valence-corrected chi connectivity index (χ4v) is 3.66. The highest BCUT2D eigenvalue weighted by Crippen LogP contribution is 2.37. The van der Waals surface area contributed by atoms with E-state index in [0.29, 0.717) is 24.1 Å². The number of rotatable bonds is 11. The summed E-state index contributed by atoms with van der Waals surface area (Å²) in [6.45, 7) is 3.44. The van der Waals surface area contributed by atoms with Gasteiger partial charge >= 0.3 is 0 Å². The average molecular weight is 435 g/mol. The highest BCUT2D eigenvalue weighted by atomic mass is 16.5. The monoisotopic (exact) mass is 434 g/mol. The molecule has 0 radical (unpaired) electrons. The smallest absolute Gasteiger partial charge is 0.221 e. The Bertz CT molecular complexity index is 1090. The molecule has 168 valence electrons. The van der Waals surface area contributed by atoms with Crippen LogP contribution in [0.2, 0.25) is 0 Å². The topological polar surface area (TPSA) is 98.5 Å². The third-order valence-corrected chi connectivity index (χ3v) is 5.60. The van der Waals surface area contributed by atoms with Crippen LogP contribution in [-0.2, 0) is 17.6 Å². The van der Waals surface area contributed by atoms with Crippen molar-refractivity contribution < 1.29 is 14.3 Å². The molecule has 0 spiro atoms. The summed E-state index contributed by atoms with van der Waals surface area (Å²) in [7, 11) is 1.62. The fraction of sp³-hybridized carbons (Fsp3) is 0.360. The lowest BCUT2D eigenvalue weighted by molar-refractivity contribution is -0.117. The van der Waals surface area contributed by atoms with Crippen LogP contribution in [0.25, 0.3) is 10.9 Å². The number of nitrogens with one attached hydrogen (secondary N) is 2. The van der Waals surface area contributed by atoms with Crippen molar-refractivity contribution in [2.45, 2.75) is 38.6 Å². The second kappa shape index (κ2) is 9.87. The molecular weight excluding hydrogens is 404 g/mol. The lowest BCUT2D eigenvalue weighted by Gasteiger charge is -2.17. The number of hydrogen-bond acceptors (Lipinski definition) is 6. The third-order valence-electron chi connectivity index (χ3n) is 5.60. The fourth-order valence-electron chi connectivity index (χ4n) is 3.66. The number of aromatic nitrogens is 1. The van der Waals surface area contributed by atoms with Crippen molar-refractivity contribution >= 4 is 28.2 Å². The van der Waals surface area contributed by atoms with Gasteiger partial charge in [-0.1, -0.05) is 19.1 Å². The summed E-state index contributed by atoms with van der Waals surface area (Å²) in [5.41, 5.74) is 9.96. The Morgan fingerprint density at radius 3 is 2.62 bits per heavy atom. The van der Waals surface area contributed by atoms with Gasteiger partial charge in [0, 0.05) is 41.5 Å². The lowest BCUT2D eigenvalue weighted by Crippen LogP contribution is -2.22. The number of anilines is 2. The van der Waals surface area contributed by atoms with Crippen molar-refractivity contribution in [3.8, 4) is 11.5 Å². The average Bonchev–Trinajstić information content (AvgIpc) is 3.62. The highest BCUT2D eigenvalue weighted by molar-refractivity contribution is 5.98.